The van der Waals surface area contributed by atoms with Crippen molar-refractivity contribution in [2.24, 2.45) is 0 Å². The molecule has 3 rings (SSSR count). The molecule has 0 spiro atoms. The Bertz CT molecular complexity index is 671. The zero-order chi connectivity index (χ0) is 13.2. The minimum Gasteiger partial charge on any atom is -0.455 e. The van der Waals surface area contributed by atoms with Crippen molar-refractivity contribution in [3.05, 3.63) is 53.1 Å². The van der Waals surface area contributed by atoms with Crippen LogP contribution in [0.2, 0.25) is 0 Å². The number of nitrogen functional groups attached to an aromatic ring is 1. The van der Waals surface area contributed by atoms with Crippen LogP contribution < -0.4 is 10.5 Å². The van der Waals surface area contributed by atoms with Crippen molar-refractivity contribution in [3.8, 4) is 17.6 Å². The van der Waals surface area contributed by atoms with Gasteiger partial charge in [0, 0.05) is 6.07 Å². The van der Waals surface area contributed by atoms with E-state index in [1.807, 2.05) is 6.07 Å². The minimum atomic E-state index is 0.539. The third kappa shape index (κ3) is 2.25. The Kier molecular flexibility index (Phi) is 2.85. The van der Waals surface area contributed by atoms with Gasteiger partial charge in [0.2, 0.25) is 0 Å². The van der Waals surface area contributed by atoms with Gasteiger partial charge in [-0.1, -0.05) is 6.07 Å². The maximum atomic E-state index is 8.90. The molecule has 2 N–H and O–H groups in total. The van der Waals surface area contributed by atoms with Crippen molar-refractivity contribution >= 4 is 5.69 Å². The number of fused-ring (bicyclic) bond motifs is 1. The Morgan fingerprint density at radius 3 is 2.74 bits per heavy atom. The highest BCUT2D eigenvalue weighted by Gasteiger charge is 2.12. The summed E-state index contributed by atoms with van der Waals surface area (Å²) in [6.45, 7) is 0. The quantitative estimate of drug-likeness (QED) is 0.831. The minimum absolute atomic E-state index is 0.539. The van der Waals surface area contributed by atoms with Crippen LogP contribution in [0.4, 0.5) is 5.69 Å². The number of rotatable bonds is 2. The molecule has 0 aromatic heterocycles. The van der Waals surface area contributed by atoms with Crippen LogP contribution in [0.5, 0.6) is 11.5 Å². The highest BCUT2D eigenvalue weighted by Crippen LogP contribution is 2.31. The molecule has 0 heterocycles. The number of anilines is 1. The number of nitrogens with zero attached hydrogens (tertiary/aromatic N) is 1. The Labute approximate surface area is 112 Å². The molecule has 0 bridgehead atoms. The van der Waals surface area contributed by atoms with Crippen LogP contribution in [-0.4, -0.2) is 0 Å². The summed E-state index contributed by atoms with van der Waals surface area (Å²) in [6.07, 6.45) is 3.48. The average Bonchev–Trinajstić information content (AvgIpc) is 2.89. The summed E-state index contributed by atoms with van der Waals surface area (Å²) in [5, 5.41) is 8.90. The Morgan fingerprint density at radius 2 is 1.89 bits per heavy atom. The Hall–Kier alpha value is -2.47. The second-order valence-corrected chi connectivity index (χ2v) is 4.75. The van der Waals surface area contributed by atoms with Gasteiger partial charge in [-0.15, -0.1) is 0 Å². The van der Waals surface area contributed by atoms with Crippen LogP contribution in [0.25, 0.3) is 0 Å². The molecule has 2 aromatic rings. The van der Waals surface area contributed by atoms with Crippen molar-refractivity contribution in [1.29, 1.82) is 5.26 Å². The lowest BCUT2D eigenvalue weighted by Crippen LogP contribution is -1.93. The second-order valence-electron chi connectivity index (χ2n) is 4.75. The molecule has 19 heavy (non-hydrogen) atoms. The van der Waals surface area contributed by atoms with Crippen LogP contribution in [0, 0.1) is 11.3 Å². The normalized spacial score (nSPS) is 12.8. The topological polar surface area (TPSA) is 59.0 Å². The molecule has 0 atom stereocenters. The van der Waals surface area contributed by atoms with E-state index in [4.69, 9.17) is 15.7 Å². The van der Waals surface area contributed by atoms with Crippen LogP contribution in [0.1, 0.15) is 23.1 Å². The maximum Gasteiger partial charge on any atom is 0.151 e. The van der Waals surface area contributed by atoms with Crippen LogP contribution in [0.3, 0.4) is 0 Å². The standard InChI is InChI=1S/C16H14N2O/c17-10-11-4-7-15(18)16(8-11)19-14-6-5-12-2-1-3-13(12)9-14/h4-9H,1-3,18H2. The summed E-state index contributed by atoms with van der Waals surface area (Å²) < 4.78 is 5.80. The van der Waals surface area contributed by atoms with Gasteiger partial charge in [-0.2, -0.15) is 5.26 Å². The molecule has 1 aliphatic carbocycles. The molecular formula is C16H14N2O. The van der Waals surface area contributed by atoms with Gasteiger partial charge in [-0.3, -0.25) is 0 Å². The number of hydrogen-bond donors (Lipinski definition) is 1. The van der Waals surface area contributed by atoms with Gasteiger partial charge in [0.05, 0.1) is 17.3 Å². The summed E-state index contributed by atoms with van der Waals surface area (Å²) >= 11 is 0. The van der Waals surface area contributed by atoms with E-state index < -0.39 is 0 Å². The van der Waals surface area contributed by atoms with E-state index >= 15 is 0 Å². The highest BCUT2D eigenvalue weighted by molar-refractivity contribution is 5.57. The molecule has 2 aromatic carbocycles. The molecule has 0 unspecified atom stereocenters. The van der Waals surface area contributed by atoms with E-state index in [1.165, 1.54) is 17.5 Å². The van der Waals surface area contributed by atoms with Crippen LogP contribution >= 0.6 is 0 Å². The van der Waals surface area contributed by atoms with E-state index in [-0.39, 0.29) is 0 Å². The molecule has 0 aliphatic heterocycles. The summed E-state index contributed by atoms with van der Waals surface area (Å²) in [5.74, 6) is 1.32. The second kappa shape index (κ2) is 4.66. The third-order valence-electron chi connectivity index (χ3n) is 3.44. The van der Waals surface area contributed by atoms with E-state index in [2.05, 4.69) is 18.2 Å². The number of benzene rings is 2. The molecule has 3 nitrogen and oxygen atoms in total. The first-order valence-corrected chi connectivity index (χ1v) is 6.35. The molecule has 0 radical (unpaired) electrons. The lowest BCUT2D eigenvalue weighted by molar-refractivity contribution is 0.484. The lowest BCUT2D eigenvalue weighted by Gasteiger charge is -2.10. The fourth-order valence-electron chi connectivity index (χ4n) is 2.43. The van der Waals surface area contributed by atoms with E-state index in [0.717, 1.165) is 18.6 Å². The highest BCUT2D eigenvalue weighted by atomic mass is 16.5. The van der Waals surface area contributed by atoms with Gasteiger partial charge in [-0.05, 0) is 54.7 Å². The summed E-state index contributed by atoms with van der Waals surface area (Å²) in [6, 6.07) is 13.3. The average molecular weight is 250 g/mol. The van der Waals surface area contributed by atoms with E-state index in [9.17, 15) is 0 Å². The number of nitrogens with two attached hydrogens (primary N) is 1. The van der Waals surface area contributed by atoms with E-state index in [0.29, 0.717) is 17.0 Å². The van der Waals surface area contributed by atoms with Gasteiger partial charge in [0.15, 0.2) is 5.75 Å². The number of hydrogen-bond acceptors (Lipinski definition) is 3. The Morgan fingerprint density at radius 1 is 1.05 bits per heavy atom. The fraction of sp³-hybridized carbons (Fsp3) is 0.188. The molecule has 94 valence electrons. The zero-order valence-electron chi connectivity index (χ0n) is 10.5. The molecular weight excluding hydrogens is 236 g/mol. The van der Waals surface area contributed by atoms with Gasteiger partial charge >= 0.3 is 0 Å². The molecule has 3 heteroatoms. The van der Waals surface area contributed by atoms with Crippen molar-refractivity contribution in [2.45, 2.75) is 19.3 Å². The summed E-state index contributed by atoms with van der Waals surface area (Å²) in [7, 11) is 0. The number of nitriles is 1. The van der Waals surface area contributed by atoms with Crippen LogP contribution in [0.15, 0.2) is 36.4 Å². The first-order valence-electron chi connectivity index (χ1n) is 6.35. The smallest absolute Gasteiger partial charge is 0.151 e. The SMILES string of the molecule is N#Cc1ccc(N)c(Oc2ccc3c(c2)CCC3)c1. The first kappa shape index (κ1) is 11.6. The number of ether oxygens (including phenoxy) is 1. The molecule has 1 aliphatic rings. The number of aryl methyl sites for hydroxylation is 2. The monoisotopic (exact) mass is 250 g/mol. The lowest BCUT2D eigenvalue weighted by atomic mass is 10.1. The van der Waals surface area contributed by atoms with Crippen LogP contribution in [-0.2, 0) is 12.8 Å². The van der Waals surface area contributed by atoms with Crippen molar-refractivity contribution in [3.63, 3.8) is 0 Å². The largest absolute Gasteiger partial charge is 0.455 e. The van der Waals surface area contributed by atoms with Crippen molar-refractivity contribution in [2.75, 3.05) is 5.73 Å². The molecule has 0 saturated heterocycles. The molecule has 0 fully saturated rings. The third-order valence-corrected chi connectivity index (χ3v) is 3.44. The maximum absolute atomic E-state index is 8.90. The predicted molar refractivity (Wildman–Crippen MR) is 74.1 cm³/mol. The fourth-order valence-corrected chi connectivity index (χ4v) is 2.43. The zero-order valence-corrected chi connectivity index (χ0v) is 10.5. The van der Waals surface area contributed by atoms with Crippen molar-refractivity contribution < 1.29 is 4.74 Å². The van der Waals surface area contributed by atoms with E-state index in [1.54, 1.807) is 18.2 Å². The molecule has 0 amide bonds. The van der Waals surface area contributed by atoms with Gasteiger partial charge in [0.25, 0.3) is 0 Å². The van der Waals surface area contributed by atoms with Gasteiger partial charge in [-0.25, -0.2) is 0 Å². The molecule has 0 saturated carbocycles. The van der Waals surface area contributed by atoms with Gasteiger partial charge in [0.1, 0.15) is 5.75 Å². The summed E-state index contributed by atoms with van der Waals surface area (Å²) in [4.78, 5) is 0. The Balaban J connectivity index is 1.91. The summed E-state index contributed by atoms with van der Waals surface area (Å²) in [5.41, 5.74) is 9.72. The first-order chi connectivity index (χ1) is 9.26. The van der Waals surface area contributed by atoms with Gasteiger partial charge < -0.3 is 10.5 Å². The predicted octanol–water partition coefficient (Wildman–Crippen LogP) is 3.42. The van der Waals surface area contributed by atoms with Crippen molar-refractivity contribution in [1.82, 2.24) is 0 Å².